The third-order valence-corrected chi connectivity index (χ3v) is 2.61. The summed E-state index contributed by atoms with van der Waals surface area (Å²) in [4.78, 5) is 6.77. The lowest BCUT2D eigenvalue weighted by atomic mass is 10.1. The number of nitrogens with two attached hydrogens (primary N) is 1. The van der Waals surface area contributed by atoms with Crippen LogP contribution in [0.3, 0.4) is 0 Å². The van der Waals surface area contributed by atoms with Gasteiger partial charge < -0.3 is 10.7 Å². The molecule has 1 heterocycles. The molecular weight excluding hydrogens is 259 g/mol. The number of nitrogens with zero attached hydrogens (tertiary/aromatic N) is 2. The van der Waals surface area contributed by atoms with E-state index in [1.807, 2.05) is 13.8 Å². The smallest absolute Gasteiger partial charge is 0.367 e. The van der Waals surface area contributed by atoms with Crippen molar-refractivity contribution in [1.82, 2.24) is 9.97 Å². The first-order valence-corrected chi connectivity index (χ1v) is 6.10. The molecule has 0 amide bonds. The average molecular weight is 277 g/mol. The largest absolute Gasteiger partial charge is 0.451 e. The van der Waals surface area contributed by atoms with E-state index in [1.165, 1.54) is 6.07 Å². The van der Waals surface area contributed by atoms with Crippen LogP contribution < -0.4 is 16.6 Å². The number of aromatic nitrogens is 2. The number of halogens is 3. The first-order chi connectivity index (χ1) is 8.90. The van der Waals surface area contributed by atoms with Gasteiger partial charge in [0.1, 0.15) is 11.6 Å². The molecule has 108 valence electrons. The molecule has 5 nitrogen and oxygen atoms in total. The molecule has 0 aromatic carbocycles. The third kappa shape index (κ3) is 4.55. The van der Waals surface area contributed by atoms with Gasteiger partial charge >= 0.3 is 6.18 Å². The molecule has 0 aliphatic rings. The minimum atomic E-state index is -4.60. The minimum absolute atomic E-state index is 0.0730. The molecule has 0 aliphatic heterocycles. The first-order valence-electron chi connectivity index (χ1n) is 6.10. The monoisotopic (exact) mass is 277 g/mol. The van der Waals surface area contributed by atoms with Gasteiger partial charge in [0.2, 0.25) is 5.82 Å². The van der Waals surface area contributed by atoms with Crippen molar-refractivity contribution < 1.29 is 13.2 Å². The molecule has 0 spiro atoms. The Labute approximate surface area is 109 Å². The molecule has 4 N–H and O–H groups in total. The van der Waals surface area contributed by atoms with Gasteiger partial charge in [-0.2, -0.15) is 13.2 Å². The van der Waals surface area contributed by atoms with Gasteiger partial charge in [0, 0.05) is 12.1 Å². The quantitative estimate of drug-likeness (QED) is 0.550. The Hall–Kier alpha value is -1.57. The lowest BCUT2D eigenvalue weighted by Gasteiger charge is -2.18. The van der Waals surface area contributed by atoms with Crippen LogP contribution in [0, 0.1) is 0 Å². The Morgan fingerprint density at radius 3 is 2.37 bits per heavy atom. The molecule has 1 atom stereocenters. The Bertz CT molecular complexity index is 408. The minimum Gasteiger partial charge on any atom is -0.367 e. The van der Waals surface area contributed by atoms with E-state index in [4.69, 9.17) is 5.84 Å². The number of nitrogen functional groups attached to an aromatic ring is 1. The number of hydrazine groups is 1. The molecule has 0 bridgehead atoms. The van der Waals surface area contributed by atoms with Crippen LogP contribution >= 0.6 is 0 Å². The highest BCUT2D eigenvalue weighted by Crippen LogP contribution is 2.28. The van der Waals surface area contributed by atoms with Crippen molar-refractivity contribution in [2.24, 2.45) is 5.84 Å². The molecule has 0 aliphatic carbocycles. The SMILES string of the molecule is CCCC(CC)Nc1cc(NN)nc(C(F)(F)F)n1. The molecule has 0 saturated carbocycles. The molecular formula is C11H18F3N5. The van der Waals surface area contributed by atoms with Crippen LogP contribution in [0.4, 0.5) is 24.8 Å². The van der Waals surface area contributed by atoms with Crippen LogP contribution in [-0.2, 0) is 6.18 Å². The molecule has 0 saturated heterocycles. The van der Waals surface area contributed by atoms with Crippen molar-refractivity contribution in [3.05, 3.63) is 11.9 Å². The van der Waals surface area contributed by atoms with Gasteiger partial charge in [-0.1, -0.05) is 20.3 Å². The zero-order valence-electron chi connectivity index (χ0n) is 10.9. The van der Waals surface area contributed by atoms with Crippen LogP contribution in [-0.4, -0.2) is 16.0 Å². The highest BCUT2D eigenvalue weighted by molar-refractivity contribution is 5.47. The van der Waals surface area contributed by atoms with E-state index in [0.29, 0.717) is 0 Å². The Balaban J connectivity index is 3.00. The van der Waals surface area contributed by atoms with Gasteiger partial charge in [-0.3, -0.25) is 0 Å². The number of hydrogen-bond donors (Lipinski definition) is 3. The Morgan fingerprint density at radius 1 is 1.26 bits per heavy atom. The van der Waals surface area contributed by atoms with Gasteiger partial charge in [0.05, 0.1) is 0 Å². The van der Waals surface area contributed by atoms with Gasteiger partial charge in [-0.05, 0) is 12.8 Å². The molecule has 19 heavy (non-hydrogen) atoms. The van der Waals surface area contributed by atoms with Gasteiger partial charge in [0.25, 0.3) is 0 Å². The van der Waals surface area contributed by atoms with E-state index in [0.717, 1.165) is 19.3 Å². The zero-order valence-corrected chi connectivity index (χ0v) is 10.9. The van der Waals surface area contributed by atoms with E-state index in [-0.39, 0.29) is 17.7 Å². The summed E-state index contributed by atoms with van der Waals surface area (Å²) < 4.78 is 37.9. The lowest BCUT2D eigenvalue weighted by molar-refractivity contribution is -0.144. The Kier molecular flexibility index (Phi) is 5.34. The maximum atomic E-state index is 12.6. The summed E-state index contributed by atoms with van der Waals surface area (Å²) in [7, 11) is 0. The highest BCUT2D eigenvalue weighted by Gasteiger charge is 2.35. The van der Waals surface area contributed by atoms with Crippen molar-refractivity contribution >= 4 is 11.6 Å². The van der Waals surface area contributed by atoms with Crippen molar-refractivity contribution in [3.8, 4) is 0 Å². The Morgan fingerprint density at radius 2 is 1.89 bits per heavy atom. The summed E-state index contributed by atoms with van der Waals surface area (Å²) in [5, 5.41) is 2.97. The summed E-state index contributed by atoms with van der Waals surface area (Å²) >= 11 is 0. The predicted octanol–water partition coefficient (Wildman–Crippen LogP) is 2.77. The van der Waals surface area contributed by atoms with Crippen LogP contribution in [0.5, 0.6) is 0 Å². The van der Waals surface area contributed by atoms with Crippen molar-refractivity contribution in [2.45, 2.75) is 45.3 Å². The third-order valence-electron chi connectivity index (χ3n) is 2.61. The fourth-order valence-corrected chi connectivity index (χ4v) is 1.66. The van der Waals surface area contributed by atoms with Crippen LogP contribution in [0.2, 0.25) is 0 Å². The highest BCUT2D eigenvalue weighted by atomic mass is 19.4. The summed E-state index contributed by atoms with van der Waals surface area (Å²) in [6.45, 7) is 3.97. The number of nitrogens with one attached hydrogen (secondary N) is 2. The maximum absolute atomic E-state index is 12.6. The molecule has 1 aromatic heterocycles. The van der Waals surface area contributed by atoms with Gasteiger partial charge in [0.15, 0.2) is 0 Å². The summed E-state index contributed by atoms with van der Waals surface area (Å²) in [5.74, 6) is 3.95. The number of hydrogen-bond acceptors (Lipinski definition) is 5. The van der Waals surface area contributed by atoms with Gasteiger partial charge in [-0.15, -0.1) is 0 Å². The van der Waals surface area contributed by atoms with Gasteiger partial charge in [-0.25, -0.2) is 15.8 Å². The lowest BCUT2D eigenvalue weighted by Crippen LogP contribution is -2.22. The number of rotatable bonds is 6. The topological polar surface area (TPSA) is 75.9 Å². The predicted molar refractivity (Wildman–Crippen MR) is 67.5 cm³/mol. The second-order valence-electron chi connectivity index (χ2n) is 4.14. The summed E-state index contributed by atoms with van der Waals surface area (Å²) in [6, 6.07) is 1.43. The molecule has 0 radical (unpaired) electrons. The maximum Gasteiger partial charge on any atom is 0.451 e. The fourth-order valence-electron chi connectivity index (χ4n) is 1.66. The van der Waals surface area contributed by atoms with E-state index in [9.17, 15) is 13.2 Å². The first kappa shape index (κ1) is 15.5. The van der Waals surface area contributed by atoms with E-state index in [1.54, 1.807) is 0 Å². The molecule has 0 fully saturated rings. The van der Waals surface area contributed by atoms with Crippen molar-refractivity contribution in [1.29, 1.82) is 0 Å². The van der Waals surface area contributed by atoms with Crippen LogP contribution in [0.1, 0.15) is 38.9 Å². The normalized spacial score (nSPS) is 13.2. The second kappa shape index (κ2) is 6.55. The summed E-state index contributed by atoms with van der Waals surface area (Å²) in [5.41, 5.74) is 2.11. The fraction of sp³-hybridized carbons (Fsp3) is 0.636. The second-order valence-corrected chi connectivity index (χ2v) is 4.14. The molecule has 1 unspecified atom stereocenters. The summed E-state index contributed by atoms with van der Waals surface area (Å²) in [6.07, 6.45) is -2.02. The van der Waals surface area contributed by atoms with E-state index < -0.39 is 12.0 Å². The van der Waals surface area contributed by atoms with E-state index >= 15 is 0 Å². The van der Waals surface area contributed by atoms with Crippen LogP contribution in [0.25, 0.3) is 0 Å². The van der Waals surface area contributed by atoms with Crippen molar-refractivity contribution in [3.63, 3.8) is 0 Å². The zero-order chi connectivity index (χ0) is 14.5. The number of anilines is 2. The molecule has 1 aromatic rings. The molecule has 8 heteroatoms. The average Bonchev–Trinajstić information content (AvgIpc) is 2.36. The number of alkyl halides is 3. The molecule has 1 rings (SSSR count). The van der Waals surface area contributed by atoms with Crippen molar-refractivity contribution in [2.75, 3.05) is 10.7 Å². The standard InChI is InChI=1S/C11H18F3N5/c1-3-5-7(4-2)16-8-6-9(19-15)18-10(17-8)11(12,13)14/h6-7H,3-5,15H2,1-2H3,(H2,16,17,18,19). The van der Waals surface area contributed by atoms with E-state index in [2.05, 4.69) is 20.7 Å². The van der Waals surface area contributed by atoms with Crippen LogP contribution in [0.15, 0.2) is 6.07 Å².